The van der Waals surface area contributed by atoms with Crippen LogP contribution in [0.5, 0.6) is 0 Å². The number of anilines is 2. The summed E-state index contributed by atoms with van der Waals surface area (Å²) in [6.07, 6.45) is 6.37. The summed E-state index contributed by atoms with van der Waals surface area (Å²) < 4.78 is 104. The van der Waals surface area contributed by atoms with Gasteiger partial charge in [-0.1, -0.05) is 57.7 Å². The first-order valence-electron chi connectivity index (χ1n) is 16.5. The van der Waals surface area contributed by atoms with Gasteiger partial charge in [-0.05, 0) is 24.3 Å². The lowest BCUT2D eigenvalue weighted by atomic mass is 10.3. The van der Waals surface area contributed by atoms with Gasteiger partial charge in [0.15, 0.2) is 10.3 Å². The number of thiazole rings is 2. The second-order valence-electron chi connectivity index (χ2n) is 10.8. The van der Waals surface area contributed by atoms with E-state index in [-0.39, 0.29) is 59.4 Å². The molecule has 0 aliphatic rings. The molecule has 322 valence electrons. The maximum atomic E-state index is 12.5. The molecule has 0 aliphatic heterocycles. The predicted molar refractivity (Wildman–Crippen MR) is 223 cm³/mol. The number of aromatic nitrogens is 4. The molecule has 0 saturated carbocycles. The molecule has 0 spiro atoms. The number of carbonyl (C=O) groups is 2. The van der Waals surface area contributed by atoms with Crippen molar-refractivity contribution in [3.63, 3.8) is 0 Å². The Balaban J connectivity index is 0.000000544. The Morgan fingerprint density at radius 1 is 0.746 bits per heavy atom. The zero-order valence-corrected chi connectivity index (χ0v) is 35.9. The lowest BCUT2D eigenvalue weighted by molar-refractivity contribution is -0.130. The highest BCUT2D eigenvalue weighted by Gasteiger charge is 2.29. The van der Waals surface area contributed by atoms with Crippen LogP contribution < -0.4 is 9.80 Å². The molecule has 0 bridgehead atoms. The molecule has 1 atom stereocenters. The van der Waals surface area contributed by atoms with E-state index in [2.05, 4.69) is 31.8 Å². The molecule has 4 aromatic rings. The van der Waals surface area contributed by atoms with Crippen molar-refractivity contribution in [1.29, 1.82) is 0 Å². The fourth-order valence-electron chi connectivity index (χ4n) is 4.13. The number of amides is 2. The normalized spacial score (nSPS) is 11.2. The lowest BCUT2D eigenvalue weighted by Crippen LogP contribution is -2.32. The molecule has 0 radical (unpaired) electrons. The molecule has 1 unspecified atom stereocenters. The Labute approximate surface area is 360 Å². The Morgan fingerprint density at radius 2 is 1.19 bits per heavy atom. The van der Waals surface area contributed by atoms with E-state index in [0.717, 1.165) is 28.7 Å². The van der Waals surface area contributed by atoms with Gasteiger partial charge in [0.2, 0.25) is 11.8 Å². The number of nitrogens with zero attached hydrogens (tertiary/aromatic N) is 6. The van der Waals surface area contributed by atoms with Crippen molar-refractivity contribution in [3.05, 3.63) is 59.4 Å². The van der Waals surface area contributed by atoms with E-state index in [9.17, 15) is 48.9 Å². The van der Waals surface area contributed by atoms with Crippen LogP contribution in [0.2, 0.25) is 10.3 Å². The van der Waals surface area contributed by atoms with E-state index >= 15 is 0 Å². The summed E-state index contributed by atoms with van der Waals surface area (Å²) in [5, 5.41) is 2.09. The Hall–Kier alpha value is -3.86. The van der Waals surface area contributed by atoms with Crippen LogP contribution in [0.1, 0.15) is 25.7 Å². The summed E-state index contributed by atoms with van der Waals surface area (Å²) in [6.45, 7) is -0.0944. The molecule has 4 rings (SSSR count). The van der Waals surface area contributed by atoms with Gasteiger partial charge >= 0.3 is 12.4 Å². The standard InChI is InChI=1S/C17H15ClF3N3O2S2.C17H15ClF3N3OS2.2CH3F/c1-2-8-24(13(25)5-9-28(26)10-6-17(19,20)21)16-14(18)23-15(27-16)12-4-3-7-22-11-12;1-2-8-24(13(25)5-9-26-10-6-17(19,20)21)16-14(18)23-15(27-16)12-4-3-7-22-11-12;2*1-2/h1,3-4,7,11H,5-6,8-10H2;1,3-4,7,11H,5-6,8-10H2;2*1H3. The minimum atomic E-state index is -4.38. The fourth-order valence-corrected chi connectivity index (χ4v) is 8.73. The van der Waals surface area contributed by atoms with Crippen LogP contribution >= 0.6 is 57.6 Å². The molecule has 0 fully saturated rings. The number of hydrogen-bond acceptors (Lipinski definition) is 10. The van der Waals surface area contributed by atoms with Crippen LogP contribution in [0.25, 0.3) is 21.1 Å². The highest BCUT2D eigenvalue weighted by molar-refractivity contribution is 7.99. The Kier molecular flexibility index (Phi) is 25.1. The van der Waals surface area contributed by atoms with E-state index < -0.39 is 47.7 Å². The smallest absolute Gasteiger partial charge is 0.289 e. The molecule has 0 aliphatic carbocycles. The van der Waals surface area contributed by atoms with Crippen molar-refractivity contribution < 1.29 is 48.9 Å². The molecule has 23 heteroatoms. The van der Waals surface area contributed by atoms with Gasteiger partial charge in [-0.15, -0.1) is 12.8 Å². The SMILES string of the molecule is C#CCN(C(=O)CCS(=O)CCC(F)(F)F)c1sc(-c2cccnc2)nc1Cl.C#CCN(C(=O)CCSCCC(F)(F)F)c1sc(-c2cccnc2)nc1Cl.CF.CF. The first kappa shape index (κ1) is 53.2. The number of pyridine rings is 2. The maximum absolute atomic E-state index is 12.5. The third-order valence-corrected chi connectivity index (χ3v) is 12.0. The number of terminal acetylenes is 2. The van der Waals surface area contributed by atoms with E-state index in [1.165, 1.54) is 21.1 Å². The second kappa shape index (κ2) is 27.8. The van der Waals surface area contributed by atoms with Crippen LogP contribution in [0.4, 0.5) is 45.1 Å². The Morgan fingerprint density at radius 3 is 1.58 bits per heavy atom. The first-order chi connectivity index (χ1) is 28.0. The fraction of sp³-hybridized carbons (Fsp3) is 0.389. The lowest BCUT2D eigenvalue weighted by Gasteiger charge is -2.18. The summed E-state index contributed by atoms with van der Waals surface area (Å²) in [7, 11) is -0.766. The molecule has 9 nitrogen and oxygen atoms in total. The second-order valence-corrected chi connectivity index (χ2v) is 16.4. The zero-order chi connectivity index (χ0) is 44.6. The van der Waals surface area contributed by atoms with Gasteiger partial charge in [0.25, 0.3) is 0 Å². The van der Waals surface area contributed by atoms with E-state index in [1.54, 1.807) is 43.0 Å². The maximum Gasteiger partial charge on any atom is 0.390 e. The average Bonchev–Trinajstić information content (AvgIpc) is 3.80. The Bertz CT molecular complexity index is 1980. The van der Waals surface area contributed by atoms with E-state index in [1.807, 2.05) is 6.07 Å². The molecule has 2 amide bonds. The molecule has 4 aromatic heterocycles. The highest BCUT2D eigenvalue weighted by atomic mass is 35.5. The molecule has 59 heavy (non-hydrogen) atoms. The van der Waals surface area contributed by atoms with Gasteiger partial charge < -0.3 is 0 Å². The van der Waals surface area contributed by atoms with Gasteiger partial charge in [0, 0.05) is 82.6 Å². The van der Waals surface area contributed by atoms with Crippen molar-refractivity contribution in [2.24, 2.45) is 0 Å². The molecule has 0 N–H and O–H groups in total. The monoisotopic (exact) mass is 950 g/mol. The van der Waals surface area contributed by atoms with Crippen molar-refractivity contribution >= 4 is 90.3 Å². The molecular formula is C36H36Cl2F8N6O3S4. The number of rotatable bonds is 16. The van der Waals surface area contributed by atoms with E-state index in [0.29, 0.717) is 39.9 Å². The predicted octanol–water partition coefficient (Wildman–Crippen LogP) is 9.99. The number of carbonyl (C=O) groups excluding carboxylic acids is 2. The first-order valence-corrected chi connectivity index (χ1v) is 21.5. The van der Waals surface area contributed by atoms with Crippen LogP contribution in [-0.4, -0.2) is 98.8 Å². The van der Waals surface area contributed by atoms with Crippen LogP contribution in [-0.2, 0) is 20.4 Å². The van der Waals surface area contributed by atoms with E-state index in [4.69, 9.17) is 36.0 Å². The van der Waals surface area contributed by atoms with Crippen LogP contribution in [0.3, 0.4) is 0 Å². The third kappa shape index (κ3) is 19.8. The van der Waals surface area contributed by atoms with Gasteiger partial charge in [-0.3, -0.25) is 42.3 Å². The summed E-state index contributed by atoms with van der Waals surface area (Å²) in [4.78, 5) is 44.1. The number of alkyl halides is 8. The summed E-state index contributed by atoms with van der Waals surface area (Å²) in [5.74, 6) is 3.40. The summed E-state index contributed by atoms with van der Waals surface area (Å²) in [6, 6.07) is 7.08. The molecule has 4 heterocycles. The van der Waals surface area contributed by atoms with Crippen LogP contribution in [0.15, 0.2) is 49.1 Å². The minimum absolute atomic E-state index is 0.000441. The van der Waals surface area contributed by atoms with Gasteiger partial charge in [0.05, 0.1) is 40.3 Å². The van der Waals surface area contributed by atoms with Crippen molar-refractivity contribution in [2.45, 2.75) is 38.0 Å². The summed E-state index contributed by atoms with van der Waals surface area (Å²) >= 11 is 15.8. The van der Waals surface area contributed by atoms with Crippen LogP contribution in [0, 0.1) is 24.7 Å². The molecule has 0 saturated heterocycles. The third-order valence-electron chi connectivity index (χ3n) is 6.69. The number of thioether (sulfide) groups is 1. The quantitative estimate of drug-likeness (QED) is 0.0621. The van der Waals surface area contributed by atoms with Crippen molar-refractivity contribution in [1.82, 2.24) is 19.9 Å². The minimum Gasteiger partial charge on any atom is -0.289 e. The average molecular weight is 952 g/mol. The number of halogens is 10. The molecule has 0 aromatic carbocycles. The largest absolute Gasteiger partial charge is 0.390 e. The summed E-state index contributed by atoms with van der Waals surface area (Å²) in [5.41, 5.74) is 1.47. The number of hydrogen-bond donors (Lipinski definition) is 0. The highest BCUT2D eigenvalue weighted by Crippen LogP contribution is 2.39. The molecular weight excluding hydrogens is 916 g/mol. The zero-order valence-electron chi connectivity index (χ0n) is 31.2. The topological polar surface area (TPSA) is 109 Å². The van der Waals surface area contributed by atoms with Gasteiger partial charge in [0.1, 0.15) is 20.0 Å². The van der Waals surface area contributed by atoms with Crippen molar-refractivity contribution in [2.75, 3.05) is 60.3 Å². The van der Waals surface area contributed by atoms with Crippen molar-refractivity contribution in [3.8, 4) is 45.8 Å². The van der Waals surface area contributed by atoms with Gasteiger partial charge in [-0.2, -0.15) is 38.1 Å². The van der Waals surface area contributed by atoms with Gasteiger partial charge in [-0.25, -0.2) is 9.97 Å².